The van der Waals surface area contributed by atoms with Gasteiger partial charge in [-0.15, -0.1) is 0 Å². The van der Waals surface area contributed by atoms with Gasteiger partial charge in [0.05, 0.1) is 0 Å². The van der Waals surface area contributed by atoms with E-state index in [1.54, 1.807) is 0 Å². The fourth-order valence-electron chi connectivity index (χ4n) is 8.09. The summed E-state index contributed by atoms with van der Waals surface area (Å²) in [4.78, 5) is 2.33. The zero-order valence-corrected chi connectivity index (χ0v) is 30.3. The van der Waals surface area contributed by atoms with E-state index in [1.807, 2.05) is 0 Å². The van der Waals surface area contributed by atoms with E-state index in [1.165, 1.54) is 76.8 Å². The van der Waals surface area contributed by atoms with Crippen molar-refractivity contribution in [2.75, 3.05) is 4.90 Å². The summed E-state index contributed by atoms with van der Waals surface area (Å²) in [5.74, 6) is 0. The lowest BCUT2D eigenvalue weighted by atomic mass is 9.87. The van der Waals surface area contributed by atoms with E-state index in [4.69, 9.17) is 0 Å². The summed E-state index contributed by atoms with van der Waals surface area (Å²) in [7, 11) is 0. The summed E-state index contributed by atoms with van der Waals surface area (Å²) >= 11 is 0. The zero-order chi connectivity index (χ0) is 36.6. The quantitative estimate of drug-likeness (QED) is 0.150. The average Bonchev–Trinajstić information content (AvgIpc) is 3.27. The number of hydrogen-bond acceptors (Lipinski definition) is 1. The van der Waals surface area contributed by atoms with Crippen LogP contribution in [0.1, 0.15) is 0 Å². The van der Waals surface area contributed by atoms with Gasteiger partial charge in [-0.1, -0.05) is 170 Å². The van der Waals surface area contributed by atoms with Gasteiger partial charge < -0.3 is 4.90 Å². The summed E-state index contributed by atoms with van der Waals surface area (Å²) in [5, 5.41) is 7.59. The topological polar surface area (TPSA) is 3.24 Å². The normalized spacial score (nSPS) is 11.3. The van der Waals surface area contributed by atoms with Crippen molar-refractivity contribution in [2.24, 2.45) is 0 Å². The van der Waals surface area contributed by atoms with Gasteiger partial charge >= 0.3 is 0 Å². The molecule has 0 bridgehead atoms. The summed E-state index contributed by atoms with van der Waals surface area (Å²) in [6.45, 7) is 0. The Morgan fingerprint density at radius 3 is 1.40 bits per heavy atom. The van der Waals surface area contributed by atoms with Crippen LogP contribution in [-0.2, 0) is 0 Å². The Bertz CT molecular complexity index is 2950. The second kappa shape index (κ2) is 14.0. The minimum Gasteiger partial charge on any atom is -0.311 e. The molecule has 0 aliphatic heterocycles. The van der Waals surface area contributed by atoms with Gasteiger partial charge in [0.25, 0.3) is 0 Å². The molecule has 0 saturated heterocycles. The SMILES string of the molecule is c1ccc(-c2cc(-c3ccc(N(c4ccccc4)c4ccc(-c5ccc6ccccc6c5)cc4)cc3)ccc2-c2cc3ccccc3c3ccccc23)cc1. The van der Waals surface area contributed by atoms with Gasteiger partial charge in [-0.2, -0.15) is 0 Å². The Morgan fingerprint density at radius 1 is 0.218 bits per heavy atom. The smallest absolute Gasteiger partial charge is 0.0462 e. The maximum Gasteiger partial charge on any atom is 0.0462 e. The third-order valence-corrected chi connectivity index (χ3v) is 10.8. The Morgan fingerprint density at radius 2 is 0.709 bits per heavy atom. The maximum atomic E-state index is 2.37. The molecule has 0 amide bonds. The standard InChI is InChI=1S/C54H37N/c1-3-14-41(15-4-1)53-36-44(29-34-52(53)54-37-45-17-9-10-20-49(45)50-21-11-12-22-51(50)54)40-27-32-48(33-28-40)55(46-18-5-2-6-19-46)47-30-25-39(26-31-47)43-24-23-38-13-7-8-16-42(38)35-43/h1-37H. The van der Waals surface area contributed by atoms with Crippen molar-refractivity contribution in [3.63, 3.8) is 0 Å². The summed E-state index contributed by atoms with van der Waals surface area (Å²) in [5.41, 5.74) is 13.0. The van der Waals surface area contributed by atoms with Gasteiger partial charge in [0.1, 0.15) is 0 Å². The molecule has 0 aliphatic rings. The minimum atomic E-state index is 1.11. The first-order valence-electron chi connectivity index (χ1n) is 18.9. The highest BCUT2D eigenvalue weighted by atomic mass is 15.1. The van der Waals surface area contributed by atoms with Gasteiger partial charge in [-0.3, -0.25) is 0 Å². The van der Waals surface area contributed by atoms with E-state index in [0.717, 1.165) is 17.1 Å². The van der Waals surface area contributed by atoms with Crippen LogP contribution in [0.2, 0.25) is 0 Å². The second-order valence-corrected chi connectivity index (χ2v) is 14.1. The molecule has 0 unspecified atom stereocenters. The van der Waals surface area contributed by atoms with Crippen molar-refractivity contribution in [1.82, 2.24) is 0 Å². The van der Waals surface area contributed by atoms with E-state index in [9.17, 15) is 0 Å². The molecule has 0 saturated carbocycles. The van der Waals surface area contributed by atoms with Crippen LogP contribution >= 0.6 is 0 Å². The minimum absolute atomic E-state index is 1.11. The fraction of sp³-hybridized carbons (Fsp3) is 0. The Hall–Kier alpha value is -7.22. The predicted molar refractivity (Wildman–Crippen MR) is 235 cm³/mol. The molecule has 1 nitrogen and oxygen atoms in total. The van der Waals surface area contributed by atoms with Crippen LogP contribution in [0.5, 0.6) is 0 Å². The van der Waals surface area contributed by atoms with Crippen LogP contribution in [-0.4, -0.2) is 0 Å². The van der Waals surface area contributed by atoms with E-state index in [0.29, 0.717) is 0 Å². The molecular formula is C54H37N. The lowest BCUT2D eigenvalue weighted by molar-refractivity contribution is 1.28. The Labute approximate surface area is 322 Å². The van der Waals surface area contributed by atoms with E-state index in [-0.39, 0.29) is 0 Å². The van der Waals surface area contributed by atoms with Crippen LogP contribution in [0, 0.1) is 0 Å². The van der Waals surface area contributed by atoms with Crippen molar-refractivity contribution in [2.45, 2.75) is 0 Å². The number of para-hydroxylation sites is 1. The first kappa shape index (κ1) is 32.4. The molecule has 0 aromatic heterocycles. The summed E-state index contributed by atoms with van der Waals surface area (Å²) in [6.07, 6.45) is 0. The molecule has 258 valence electrons. The van der Waals surface area contributed by atoms with Crippen LogP contribution in [0.25, 0.3) is 76.8 Å². The van der Waals surface area contributed by atoms with E-state index >= 15 is 0 Å². The Balaban J connectivity index is 1.03. The largest absolute Gasteiger partial charge is 0.311 e. The molecule has 0 fully saturated rings. The van der Waals surface area contributed by atoms with Gasteiger partial charge in [0.15, 0.2) is 0 Å². The molecule has 0 aliphatic carbocycles. The van der Waals surface area contributed by atoms with Crippen molar-refractivity contribution >= 4 is 49.4 Å². The average molecular weight is 700 g/mol. The fourth-order valence-corrected chi connectivity index (χ4v) is 8.09. The maximum absolute atomic E-state index is 2.37. The highest BCUT2D eigenvalue weighted by molar-refractivity contribution is 6.15. The molecule has 0 N–H and O–H groups in total. The number of nitrogens with zero attached hydrogens (tertiary/aromatic N) is 1. The highest BCUT2D eigenvalue weighted by Gasteiger charge is 2.16. The monoisotopic (exact) mass is 699 g/mol. The number of anilines is 3. The molecule has 10 rings (SSSR count). The van der Waals surface area contributed by atoms with Gasteiger partial charge in [0.2, 0.25) is 0 Å². The first-order chi connectivity index (χ1) is 27.3. The van der Waals surface area contributed by atoms with Crippen molar-refractivity contribution in [1.29, 1.82) is 0 Å². The Kier molecular flexibility index (Phi) is 8.24. The van der Waals surface area contributed by atoms with Gasteiger partial charge in [-0.25, -0.2) is 0 Å². The number of rotatable bonds is 7. The van der Waals surface area contributed by atoms with Crippen LogP contribution in [0.15, 0.2) is 224 Å². The molecule has 0 radical (unpaired) electrons. The second-order valence-electron chi connectivity index (χ2n) is 14.1. The number of hydrogen-bond donors (Lipinski definition) is 0. The van der Waals surface area contributed by atoms with Crippen LogP contribution < -0.4 is 4.90 Å². The predicted octanol–water partition coefficient (Wildman–Crippen LogP) is 15.3. The first-order valence-corrected chi connectivity index (χ1v) is 18.9. The summed E-state index contributed by atoms with van der Waals surface area (Å²) < 4.78 is 0. The molecule has 0 spiro atoms. The van der Waals surface area contributed by atoms with Crippen LogP contribution in [0.3, 0.4) is 0 Å². The molecule has 1 heteroatoms. The zero-order valence-electron chi connectivity index (χ0n) is 30.3. The molecular weight excluding hydrogens is 663 g/mol. The third kappa shape index (κ3) is 6.12. The van der Waals surface area contributed by atoms with E-state index < -0.39 is 0 Å². The lowest BCUT2D eigenvalue weighted by Gasteiger charge is -2.26. The lowest BCUT2D eigenvalue weighted by Crippen LogP contribution is -2.09. The number of benzene rings is 10. The molecule has 55 heavy (non-hydrogen) atoms. The highest BCUT2D eigenvalue weighted by Crippen LogP contribution is 2.42. The third-order valence-electron chi connectivity index (χ3n) is 10.8. The molecule has 0 atom stereocenters. The molecule has 0 heterocycles. The van der Waals surface area contributed by atoms with E-state index in [2.05, 4.69) is 229 Å². The molecule has 10 aromatic rings. The van der Waals surface area contributed by atoms with Crippen molar-refractivity contribution < 1.29 is 0 Å². The van der Waals surface area contributed by atoms with Crippen molar-refractivity contribution in [3.05, 3.63) is 224 Å². The summed E-state index contributed by atoms with van der Waals surface area (Å²) in [6, 6.07) is 81.4. The van der Waals surface area contributed by atoms with Crippen LogP contribution in [0.4, 0.5) is 17.1 Å². The van der Waals surface area contributed by atoms with Gasteiger partial charge in [0, 0.05) is 17.1 Å². The number of fused-ring (bicyclic) bond motifs is 4. The van der Waals surface area contributed by atoms with Gasteiger partial charge in [-0.05, 0) is 131 Å². The molecule has 10 aromatic carbocycles. The van der Waals surface area contributed by atoms with Crippen molar-refractivity contribution in [3.8, 4) is 44.5 Å².